The number of benzene rings is 1. The number of nitrogens with zero attached hydrogens (tertiary/aromatic N) is 3. The summed E-state index contributed by atoms with van der Waals surface area (Å²) < 4.78 is 28.5. The molecule has 2 fully saturated rings. The molecule has 1 saturated carbocycles. The molecule has 0 radical (unpaired) electrons. The first kappa shape index (κ1) is 17.4. The van der Waals surface area contributed by atoms with Crippen molar-refractivity contribution in [3.05, 3.63) is 35.9 Å². The predicted molar refractivity (Wildman–Crippen MR) is 92.3 cm³/mol. The van der Waals surface area contributed by atoms with Crippen molar-refractivity contribution in [3.8, 4) is 0 Å². The molecule has 24 heavy (non-hydrogen) atoms. The number of carbonyl (C=O) groups is 1. The molecule has 0 aromatic heterocycles. The lowest BCUT2D eigenvalue weighted by atomic mass is 10.2. The average molecular weight is 351 g/mol. The Morgan fingerprint density at radius 3 is 2.50 bits per heavy atom. The Balaban J connectivity index is 1.62. The molecule has 1 heterocycles. The number of rotatable bonds is 5. The van der Waals surface area contributed by atoms with Crippen molar-refractivity contribution in [1.82, 2.24) is 13.5 Å². The van der Waals surface area contributed by atoms with Gasteiger partial charge < -0.3 is 4.90 Å². The minimum absolute atomic E-state index is 0.189. The Labute approximate surface area is 144 Å². The van der Waals surface area contributed by atoms with Crippen molar-refractivity contribution in [2.45, 2.75) is 25.8 Å². The van der Waals surface area contributed by atoms with Gasteiger partial charge in [-0.15, -0.1) is 0 Å². The molecule has 2 aliphatic rings. The van der Waals surface area contributed by atoms with Crippen molar-refractivity contribution < 1.29 is 13.2 Å². The maximum Gasteiger partial charge on any atom is 0.282 e. The van der Waals surface area contributed by atoms with E-state index < -0.39 is 10.2 Å². The van der Waals surface area contributed by atoms with E-state index >= 15 is 0 Å². The molecule has 1 saturated heterocycles. The van der Waals surface area contributed by atoms with E-state index in [1.807, 2.05) is 35.2 Å². The van der Waals surface area contributed by atoms with Gasteiger partial charge in [0.1, 0.15) is 0 Å². The van der Waals surface area contributed by atoms with Crippen LogP contribution >= 0.6 is 0 Å². The second-order valence-electron chi connectivity index (χ2n) is 6.60. The Kier molecular flexibility index (Phi) is 5.22. The summed E-state index contributed by atoms with van der Waals surface area (Å²) in [4.78, 5) is 14.0. The van der Waals surface area contributed by atoms with Gasteiger partial charge in [-0.25, -0.2) is 0 Å². The van der Waals surface area contributed by atoms with E-state index in [4.69, 9.17) is 0 Å². The summed E-state index contributed by atoms with van der Waals surface area (Å²) in [6.07, 6.45) is 2.66. The van der Waals surface area contributed by atoms with Crippen LogP contribution in [0.1, 0.15) is 24.8 Å². The van der Waals surface area contributed by atoms with Crippen molar-refractivity contribution in [2.75, 3.05) is 33.2 Å². The molecule has 1 aliphatic heterocycles. The summed E-state index contributed by atoms with van der Waals surface area (Å²) in [7, 11) is -1.90. The lowest BCUT2D eigenvalue weighted by Crippen LogP contribution is -2.43. The third kappa shape index (κ3) is 3.96. The van der Waals surface area contributed by atoms with Crippen molar-refractivity contribution in [2.24, 2.45) is 5.92 Å². The zero-order valence-electron chi connectivity index (χ0n) is 14.1. The molecule has 1 aliphatic carbocycles. The fraction of sp³-hybridized carbons (Fsp3) is 0.588. The van der Waals surface area contributed by atoms with E-state index in [9.17, 15) is 13.2 Å². The zero-order chi connectivity index (χ0) is 17.2. The quantitative estimate of drug-likeness (QED) is 0.803. The maximum absolute atomic E-state index is 12.8. The molecular formula is C17H25N3O3S. The van der Waals surface area contributed by atoms with Gasteiger partial charge in [0.05, 0.1) is 0 Å². The molecule has 1 aromatic rings. The Bertz CT molecular complexity index is 674. The average Bonchev–Trinajstić information content (AvgIpc) is 3.41. The number of amides is 1. The number of hydrogen-bond donors (Lipinski definition) is 0. The lowest BCUT2D eigenvalue weighted by molar-refractivity contribution is -0.132. The van der Waals surface area contributed by atoms with Crippen LogP contribution in [0.25, 0.3) is 0 Å². The SMILES string of the molecule is CN(Cc1ccccc1)S(=O)(=O)N1CCCN(C(=O)C2CC2)CC1. The molecule has 3 rings (SSSR count). The second kappa shape index (κ2) is 7.21. The molecule has 132 valence electrons. The fourth-order valence-electron chi connectivity index (χ4n) is 3.05. The van der Waals surface area contributed by atoms with Gasteiger partial charge in [-0.1, -0.05) is 30.3 Å². The molecule has 0 bridgehead atoms. The van der Waals surface area contributed by atoms with Crippen molar-refractivity contribution >= 4 is 16.1 Å². The largest absolute Gasteiger partial charge is 0.341 e. The summed E-state index contributed by atoms with van der Waals surface area (Å²) in [5.41, 5.74) is 0.962. The standard InChI is InChI=1S/C17H25N3O3S/c1-18(14-15-6-3-2-4-7-15)24(22,23)20-11-5-10-19(12-13-20)17(21)16-8-9-16/h2-4,6-7,16H,5,8-14H2,1H3. The van der Waals surface area contributed by atoms with Gasteiger partial charge >= 0.3 is 0 Å². The highest BCUT2D eigenvalue weighted by molar-refractivity contribution is 7.86. The molecular weight excluding hydrogens is 326 g/mol. The minimum atomic E-state index is -3.51. The van der Waals surface area contributed by atoms with Crippen LogP contribution in [0.4, 0.5) is 0 Å². The van der Waals surface area contributed by atoms with E-state index in [-0.39, 0.29) is 11.8 Å². The van der Waals surface area contributed by atoms with Crippen LogP contribution in [0.3, 0.4) is 0 Å². The highest BCUT2D eigenvalue weighted by Crippen LogP contribution is 2.31. The monoisotopic (exact) mass is 351 g/mol. The highest BCUT2D eigenvalue weighted by Gasteiger charge is 2.35. The van der Waals surface area contributed by atoms with Crippen LogP contribution in [0.2, 0.25) is 0 Å². The Morgan fingerprint density at radius 1 is 1.12 bits per heavy atom. The van der Waals surface area contributed by atoms with Crippen LogP contribution in [0, 0.1) is 5.92 Å². The van der Waals surface area contributed by atoms with Crippen LogP contribution in [0.15, 0.2) is 30.3 Å². The molecule has 0 N–H and O–H groups in total. The highest BCUT2D eigenvalue weighted by atomic mass is 32.2. The normalized spacial score (nSPS) is 20.2. The smallest absolute Gasteiger partial charge is 0.282 e. The molecule has 0 unspecified atom stereocenters. The van der Waals surface area contributed by atoms with Crippen LogP contribution in [-0.2, 0) is 21.5 Å². The second-order valence-corrected chi connectivity index (χ2v) is 8.64. The summed E-state index contributed by atoms with van der Waals surface area (Å²) in [6.45, 7) is 2.34. The molecule has 0 spiro atoms. The van der Waals surface area contributed by atoms with Crippen LogP contribution in [0.5, 0.6) is 0 Å². The minimum Gasteiger partial charge on any atom is -0.341 e. The number of hydrogen-bond acceptors (Lipinski definition) is 3. The summed E-state index contributed by atoms with van der Waals surface area (Å²) >= 11 is 0. The lowest BCUT2D eigenvalue weighted by Gasteiger charge is -2.26. The van der Waals surface area contributed by atoms with Gasteiger partial charge in [0, 0.05) is 45.7 Å². The molecule has 7 heteroatoms. The van der Waals surface area contributed by atoms with Crippen LogP contribution in [-0.4, -0.2) is 61.1 Å². The third-order valence-corrected chi connectivity index (χ3v) is 6.60. The first-order chi connectivity index (χ1) is 11.5. The molecule has 1 aromatic carbocycles. The van der Waals surface area contributed by atoms with E-state index in [1.165, 1.54) is 8.61 Å². The first-order valence-electron chi connectivity index (χ1n) is 8.52. The predicted octanol–water partition coefficient (Wildman–Crippen LogP) is 1.31. The van der Waals surface area contributed by atoms with E-state index in [0.717, 1.165) is 18.4 Å². The van der Waals surface area contributed by atoms with Gasteiger partial charge in [0.15, 0.2) is 0 Å². The molecule has 0 atom stereocenters. The third-order valence-electron chi connectivity index (χ3n) is 4.66. The topological polar surface area (TPSA) is 60.9 Å². The van der Waals surface area contributed by atoms with Crippen molar-refractivity contribution in [3.63, 3.8) is 0 Å². The van der Waals surface area contributed by atoms with E-state index in [0.29, 0.717) is 39.1 Å². The first-order valence-corrected chi connectivity index (χ1v) is 9.92. The molecule has 1 amide bonds. The summed E-state index contributed by atoms with van der Waals surface area (Å²) in [6, 6.07) is 9.57. The molecule has 6 nitrogen and oxygen atoms in total. The maximum atomic E-state index is 12.8. The van der Waals surface area contributed by atoms with E-state index in [2.05, 4.69) is 0 Å². The fourth-order valence-corrected chi connectivity index (χ4v) is 4.43. The Morgan fingerprint density at radius 2 is 1.83 bits per heavy atom. The Hall–Kier alpha value is -1.44. The van der Waals surface area contributed by atoms with Crippen molar-refractivity contribution in [1.29, 1.82) is 0 Å². The van der Waals surface area contributed by atoms with E-state index in [1.54, 1.807) is 7.05 Å². The van der Waals surface area contributed by atoms with Gasteiger partial charge in [-0.3, -0.25) is 4.79 Å². The van der Waals surface area contributed by atoms with Gasteiger partial charge in [0.25, 0.3) is 10.2 Å². The number of carbonyl (C=O) groups excluding carboxylic acids is 1. The zero-order valence-corrected chi connectivity index (χ0v) is 14.9. The van der Waals surface area contributed by atoms with Gasteiger partial charge in [-0.05, 0) is 24.8 Å². The summed E-state index contributed by atoms with van der Waals surface area (Å²) in [5, 5.41) is 0. The van der Waals surface area contributed by atoms with Gasteiger partial charge in [-0.2, -0.15) is 17.0 Å². The van der Waals surface area contributed by atoms with Gasteiger partial charge in [0.2, 0.25) is 5.91 Å². The summed E-state index contributed by atoms with van der Waals surface area (Å²) in [5.74, 6) is 0.390. The van der Waals surface area contributed by atoms with Crippen LogP contribution < -0.4 is 0 Å².